The van der Waals surface area contributed by atoms with E-state index in [-0.39, 0.29) is 5.82 Å². The molecular weight excluding hydrogens is 314 g/mol. The monoisotopic (exact) mass is 333 g/mol. The molecule has 0 radical (unpaired) electrons. The van der Waals surface area contributed by atoms with Gasteiger partial charge in [0.25, 0.3) is 0 Å². The van der Waals surface area contributed by atoms with Crippen molar-refractivity contribution in [2.45, 2.75) is 18.9 Å². The van der Waals surface area contributed by atoms with Crippen molar-refractivity contribution in [1.82, 2.24) is 15.1 Å². The summed E-state index contributed by atoms with van der Waals surface area (Å²) in [7, 11) is 1.95. The number of aliphatic hydroxyl groups is 1. The molecule has 2 rings (SSSR count). The fourth-order valence-electron chi connectivity index (χ4n) is 2.40. The molecule has 0 bridgehead atoms. The number of nitrogens with one attached hydrogen (secondary N) is 1. The molecule has 4 N–H and O–H groups in total. The molecule has 6 nitrogen and oxygen atoms in total. The second-order valence-corrected chi connectivity index (χ2v) is 5.94. The van der Waals surface area contributed by atoms with Gasteiger partial charge in [-0.15, -0.1) is 0 Å². The second kappa shape index (κ2) is 7.97. The number of aromatic nitrogens is 2. The zero-order chi connectivity index (χ0) is 16.8. The van der Waals surface area contributed by atoms with Crippen molar-refractivity contribution in [1.29, 1.82) is 5.26 Å². The molecule has 2 aromatic rings. The molecule has 0 amide bonds. The third kappa shape index (κ3) is 4.70. The Kier molecular flexibility index (Phi) is 5.99. The van der Waals surface area contributed by atoms with Crippen LogP contribution in [0.2, 0.25) is 5.02 Å². The van der Waals surface area contributed by atoms with Crippen molar-refractivity contribution in [3.05, 3.63) is 46.1 Å². The number of likely N-dealkylation sites (N-methyl/N-ethyl adjacent to an activating group) is 1. The number of aryl methyl sites for hydroxylation is 1. The van der Waals surface area contributed by atoms with Gasteiger partial charge < -0.3 is 15.7 Å². The van der Waals surface area contributed by atoms with Gasteiger partial charge in [0.15, 0.2) is 5.82 Å². The SMILES string of the molecule is CN(CCCc1[nH]nc(N)c1C#N)CC(O)c1ccc(Cl)cc1. The number of rotatable bonds is 7. The van der Waals surface area contributed by atoms with Gasteiger partial charge in [-0.05, 0) is 44.1 Å². The van der Waals surface area contributed by atoms with Crippen molar-refractivity contribution in [2.24, 2.45) is 0 Å². The Morgan fingerprint density at radius 3 is 2.78 bits per heavy atom. The van der Waals surface area contributed by atoms with Crippen molar-refractivity contribution in [2.75, 3.05) is 25.9 Å². The number of hydrogen-bond acceptors (Lipinski definition) is 5. The number of nitrogens with zero attached hydrogens (tertiary/aromatic N) is 3. The van der Waals surface area contributed by atoms with E-state index in [0.29, 0.717) is 23.6 Å². The average molecular weight is 334 g/mol. The highest BCUT2D eigenvalue weighted by Crippen LogP contribution is 2.18. The molecule has 0 fully saturated rings. The van der Waals surface area contributed by atoms with Crippen LogP contribution in [0.4, 0.5) is 5.82 Å². The summed E-state index contributed by atoms with van der Waals surface area (Å²) in [6.07, 6.45) is 0.962. The highest BCUT2D eigenvalue weighted by Gasteiger charge is 2.12. The lowest BCUT2D eigenvalue weighted by molar-refractivity contribution is 0.126. The van der Waals surface area contributed by atoms with Gasteiger partial charge >= 0.3 is 0 Å². The normalized spacial score (nSPS) is 12.3. The number of aliphatic hydroxyl groups excluding tert-OH is 1. The summed E-state index contributed by atoms with van der Waals surface area (Å²) in [5.74, 6) is 0.244. The van der Waals surface area contributed by atoms with E-state index in [1.807, 2.05) is 24.1 Å². The molecule has 122 valence electrons. The third-order valence-corrected chi connectivity index (χ3v) is 3.94. The van der Waals surface area contributed by atoms with Gasteiger partial charge in [0, 0.05) is 11.6 Å². The van der Waals surface area contributed by atoms with E-state index < -0.39 is 6.10 Å². The first-order chi connectivity index (χ1) is 11.0. The first-order valence-electron chi connectivity index (χ1n) is 7.36. The Labute approximate surface area is 140 Å². The van der Waals surface area contributed by atoms with Crippen LogP contribution in [0.15, 0.2) is 24.3 Å². The first kappa shape index (κ1) is 17.3. The highest BCUT2D eigenvalue weighted by atomic mass is 35.5. The van der Waals surface area contributed by atoms with Crippen LogP contribution in [0, 0.1) is 11.3 Å². The number of aromatic amines is 1. The summed E-state index contributed by atoms with van der Waals surface area (Å²) in [6, 6.07) is 9.25. The Hall–Kier alpha value is -2.07. The van der Waals surface area contributed by atoms with Gasteiger partial charge in [0.1, 0.15) is 11.6 Å². The van der Waals surface area contributed by atoms with Crippen molar-refractivity contribution < 1.29 is 5.11 Å². The molecule has 0 aliphatic carbocycles. The van der Waals surface area contributed by atoms with E-state index in [1.54, 1.807) is 12.1 Å². The Morgan fingerprint density at radius 1 is 1.43 bits per heavy atom. The van der Waals surface area contributed by atoms with Crippen LogP contribution in [-0.4, -0.2) is 40.3 Å². The van der Waals surface area contributed by atoms with E-state index in [0.717, 1.165) is 24.2 Å². The minimum atomic E-state index is -0.560. The summed E-state index contributed by atoms with van der Waals surface area (Å²) in [4.78, 5) is 2.05. The Balaban J connectivity index is 1.79. The maximum absolute atomic E-state index is 10.2. The van der Waals surface area contributed by atoms with Crippen LogP contribution in [0.25, 0.3) is 0 Å². The number of nitriles is 1. The van der Waals surface area contributed by atoms with Crippen LogP contribution in [0.5, 0.6) is 0 Å². The second-order valence-electron chi connectivity index (χ2n) is 5.51. The van der Waals surface area contributed by atoms with Crippen molar-refractivity contribution >= 4 is 17.4 Å². The van der Waals surface area contributed by atoms with Gasteiger partial charge in [0.2, 0.25) is 0 Å². The summed E-state index contributed by atoms with van der Waals surface area (Å²) >= 11 is 5.84. The van der Waals surface area contributed by atoms with E-state index in [9.17, 15) is 5.11 Å². The lowest BCUT2D eigenvalue weighted by Crippen LogP contribution is -2.26. The summed E-state index contributed by atoms with van der Waals surface area (Å²) in [5, 5.41) is 26.5. The predicted molar refractivity (Wildman–Crippen MR) is 89.9 cm³/mol. The zero-order valence-electron chi connectivity index (χ0n) is 13.0. The van der Waals surface area contributed by atoms with Crippen LogP contribution in [-0.2, 0) is 6.42 Å². The van der Waals surface area contributed by atoms with E-state index in [1.165, 1.54) is 0 Å². The van der Waals surface area contributed by atoms with E-state index >= 15 is 0 Å². The Morgan fingerprint density at radius 2 is 2.13 bits per heavy atom. The summed E-state index contributed by atoms with van der Waals surface area (Å²) in [6.45, 7) is 1.31. The number of H-pyrrole nitrogens is 1. The maximum Gasteiger partial charge on any atom is 0.163 e. The largest absolute Gasteiger partial charge is 0.387 e. The predicted octanol–water partition coefficient (Wildman–Crippen LogP) is 2.11. The number of hydrogen-bond donors (Lipinski definition) is 3. The molecule has 0 aliphatic heterocycles. The molecule has 7 heteroatoms. The van der Waals surface area contributed by atoms with Gasteiger partial charge in [-0.25, -0.2) is 0 Å². The molecule has 0 saturated heterocycles. The van der Waals surface area contributed by atoms with Crippen LogP contribution >= 0.6 is 11.6 Å². The highest BCUT2D eigenvalue weighted by molar-refractivity contribution is 6.30. The smallest absolute Gasteiger partial charge is 0.163 e. The fourth-order valence-corrected chi connectivity index (χ4v) is 2.53. The number of nitrogen functional groups attached to an aromatic ring is 1. The number of benzene rings is 1. The number of halogens is 1. The van der Waals surface area contributed by atoms with Gasteiger partial charge in [0.05, 0.1) is 11.8 Å². The molecular formula is C16H20ClN5O. The molecule has 0 saturated carbocycles. The Bertz CT molecular complexity index is 677. The lowest BCUT2D eigenvalue weighted by atomic mass is 10.1. The standard InChI is InChI=1S/C16H20ClN5O/c1-22(10-15(23)11-4-6-12(17)7-5-11)8-2-3-14-13(9-18)16(19)21-20-14/h4-7,15,23H,2-3,8,10H2,1H3,(H3,19,20,21). The molecule has 1 heterocycles. The van der Waals surface area contributed by atoms with Crippen LogP contribution in [0.1, 0.15) is 29.3 Å². The van der Waals surface area contributed by atoms with Gasteiger partial charge in [-0.1, -0.05) is 23.7 Å². The minimum Gasteiger partial charge on any atom is -0.387 e. The molecule has 23 heavy (non-hydrogen) atoms. The van der Waals surface area contributed by atoms with Gasteiger partial charge in [-0.3, -0.25) is 5.10 Å². The molecule has 1 unspecified atom stereocenters. The van der Waals surface area contributed by atoms with Crippen molar-refractivity contribution in [3.63, 3.8) is 0 Å². The zero-order valence-corrected chi connectivity index (χ0v) is 13.7. The van der Waals surface area contributed by atoms with Crippen LogP contribution in [0.3, 0.4) is 0 Å². The fraction of sp³-hybridized carbons (Fsp3) is 0.375. The third-order valence-electron chi connectivity index (χ3n) is 3.69. The number of nitrogens with two attached hydrogens (primary N) is 1. The molecule has 1 aromatic heterocycles. The summed E-state index contributed by atoms with van der Waals surface area (Å²) < 4.78 is 0. The molecule has 1 atom stereocenters. The minimum absolute atomic E-state index is 0.244. The molecule has 1 aromatic carbocycles. The van der Waals surface area contributed by atoms with E-state index in [2.05, 4.69) is 16.3 Å². The molecule has 0 spiro atoms. The summed E-state index contributed by atoms with van der Waals surface area (Å²) in [5.41, 5.74) is 7.63. The lowest BCUT2D eigenvalue weighted by Gasteiger charge is -2.20. The van der Waals surface area contributed by atoms with E-state index in [4.69, 9.17) is 22.6 Å². The topological polar surface area (TPSA) is 102 Å². The van der Waals surface area contributed by atoms with Crippen molar-refractivity contribution in [3.8, 4) is 6.07 Å². The quantitative estimate of drug-likeness (QED) is 0.720. The van der Waals surface area contributed by atoms with Crippen LogP contribution < -0.4 is 5.73 Å². The average Bonchev–Trinajstić information content (AvgIpc) is 2.88. The number of anilines is 1. The van der Waals surface area contributed by atoms with Gasteiger partial charge in [-0.2, -0.15) is 10.4 Å². The maximum atomic E-state index is 10.2. The first-order valence-corrected chi connectivity index (χ1v) is 7.74. The molecule has 0 aliphatic rings.